The van der Waals surface area contributed by atoms with Crippen LogP contribution in [-0.4, -0.2) is 25.5 Å². The first-order valence-corrected chi connectivity index (χ1v) is 7.33. The van der Waals surface area contributed by atoms with E-state index in [-0.39, 0.29) is 5.91 Å². The SMILES string of the molecule is CCNCCNC(=O)CC1CCc2ccccc2C1. The van der Waals surface area contributed by atoms with E-state index in [1.807, 2.05) is 0 Å². The lowest BCUT2D eigenvalue weighted by molar-refractivity contribution is -0.122. The Kier molecular flexibility index (Phi) is 5.40. The lowest BCUT2D eigenvalue weighted by Crippen LogP contribution is -2.33. The molecule has 0 fully saturated rings. The summed E-state index contributed by atoms with van der Waals surface area (Å²) in [5.41, 5.74) is 2.89. The van der Waals surface area contributed by atoms with Gasteiger partial charge in [-0.1, -0.05) is 31.2 Å². The Morgan fingerprint density at radius 1 is 1.26 bits per heavy atom. The normalized spacial score (nSPS) is 17.8. The molecule has 19 heavy (non-hydrogen) atoms. The number of aryl methyl sites for hydroxylation is 1. The fourth-order valence-corrected chi connectivity index (χ4v) is 2.75. The topological polar surface area (TPSA) is 41.1 Å². The van der Waals surface area contributed by atoms with Crippen LogP contribution in [0.5, 0.6) is 0 Å². The van der Waals surface area contributed by atoms with Crippen molar-refractivity contribution in [2.75, 3.05) is 19.6 Å². The van der Waals surface area contributed by atoms with Crippen molar-refractivity contribution < 1.29 is 4.79 Å². The van der Waals surface area contributed by atoms with Gasteiger partial charge in [-0.3, -0.25) is 4.79 Å². The van der Waals surface area contributed by atoms with Crippen LogP contribution in [0.25, 0.3) is 0 Å². The molecule has 0 saturated carbocycles. The van der Waals surface area contributed by atoms with E-state index in [0.29, 0.717) is 12.3 Å². The summed E-state index contributed by atoms with van der Waals surface area (Å²) in [6, 6.07) is 8.61. The van der Waals surface area contributed by atoms with Gasteiger partial charge in [-0.2, -0.15) is 0 Å². The van der Waals surface area contributed by atoms with Gasteiger partial charge >= 0.3 is 0 Å². The third-order valence-corrected chi connectivity index (χ3v) is 3.80. The number of rotatable bonds is 6. The molecule has 0 heterocycles. The quantitative estimate of drug-likeness (QED) is 0.767. The highest BCUT2D eigenvalue weighted by Gasteiger charge is 2.20. The van der Waals surface area contributed by atoms with E-state index in [4.69, 9.17) is 0 Å². The molecule has 0 bridgehead atoms. The lowest BCUT2D eigenvalue weighted by atomic mass is 9.82. The minimum absolute atomic E-state index is 0.197. The summed E-state index contributed by atoms with van der Waals surface area (Å²) in [6.07, 6.45) is 3.97. The number of fused-ring (bicyclic) bond motifs is 1. The van der Waals surface area contributed by atoms with Gasteiger partial charge in [0.15, 0.2) is 0 Å². The van der Waals surface area contributed by atoms with Gasteiger partial charge in [0.1, 0.15) is 0 Å². The molecule has 1 aliphatic carbocycles. The average Bonchev–Trinajstić information content (AvgIpc) is 2.43. The van der Waals surface area contributed by atoms with E-state index < -0.39 is 0 Å². The predicted molar refractivity (Wildman–Crippen MR) is 78.1 cm³/mol. The van der Waals surface area contributed by atoms with Crippen LogP contribution < -0.4 is 10.6 Å². The van der Waals surface area contributed by atoms with Crippen molar-refractivity contribution >= 4 is 5.91 Å². The molecule has 1 aromatic rings. The third-order valence-electron chi connectivity index (χ3n) is 3.80. The van der Waals surface area contributed by atoms with E-state index >= 15 is 0 Å². The van der Waals surface area contributed by atoms with Crippen LogP contribution >= 0.6 is 0 Å². The summed E-state index contributed by atoms with van der Waals surface area (Å²) in [4.78, 5) is 11.8. The second kappa shape index (κ2) is 7.29. The Balaban J connectivity index is 1.74. The number of carbonyl (C=O) groups is 1. The molecule has 104 valence electrons. The van der Waals surface area contributed by atoms with Crippen LogP contribution in [0.2, 0.25) is 0 Å². The average molecular weight is 260 g/mol. The molecule has 0 aliphatic heterocycles. The highest BCUT2D eigenvalue weighted by molar-refractivity contribution is 5.76. The molecule has 1 amide bonds. The number of amides is 1. The summed E-state index contributed by atoms with van der Waals surface area (Å²) >= 11 is 0. The smallest absolute Gasteiger partial charge is 0.220 e. The van der Waals surface area contributed by atoms with Crippen LogP contribution in [0, 0.1) is 5.92 Å². The van der Waals surface area contributed by atoms with Crippen LogP contribution in [0.1, 0.15) is 30.9 Å². The van der Waals surface area contributed by atoms with Crippen LogP contribution in [0.3, 0.4) is 0 Å². The van der Waals surface area contributed by atoms with Crippen molar-refractivity contribution in [1.82, 2.24) is 10.6 Å². The number of carbonyl (C=O) groups excluding carboxylic acids is 1. The highest BCUT2D eigenvalue weighted by atomic mass is 16.1. The van der Waals surface area contributed by atoms with E-state index in [1.165, 1.54) is 11.1 Å². The van der Waals surface area contributed by atoms with Gasteiger partial charge in [0.25, 0.3) is 0 Å². The Bertz CT molecular complexity index is 417. The summed E-state index contributed by atoms with van der Waals surface area (Å²) < 4.78 is 0. The van der Waals surface area contributed by atoms with Gasteiger partial charge in [-0.25, -0.2) is 0 Å². The first kappa shape index (κ1) is 14.1. The van der Waals surface area contributed by atoms with Gasteiger partial charge < -0.3 is 10.6 Å². The second-order valence-corrected chi connectivity index (χ2v) is 5.29. The van der Waals surface area contributed by atoms with Crippen LogP contribution in [0.15, 0.2) is 24.3 Å². The number of likely N-dealkylation sites (N-methyl/N-ethyl adjacent to an activating group) is 1. The summed E-state index contributed by atoms with van der Waals surface area (Å²) in [5.74, 6) is 0.705. The molecule has 2 rings (SSSR count). The zero-order valence-electron chi connectivity index (χ0n) is 11.7. The number of benzene rings is 1. The fourth-order valence-electron chi connectivity index (χ4n) is 2.75. The molecule has 3 nitrogen and oxygen atoms in total. The highest BCUT2D eigenvalue weighted by Crippen LogP contribution is 2.27. The van der Waals surface area contributed by atoms with Crippen molar-refractivity contribution in [2.45, 2.75) is 32.6 Å². The zero-order chi connectivity index (χ0) is 13.5. The molecule has 2 N–H and O–H groups in total. The number of hydrogen-bond donors (Lipinski definition) is 2. The standard InChI is InChI=1S/C16H24N2O/c1-2-17-9-10-18-16(19)12-13-7-8-14-5-3-4-6-15(14)11-13/h3-6,13,17H,2,7-12H2,1H3,(H,18,19). The first-order chi connectivity index (χ1) is 9.29. The second-order valence-electron chi connectivity index (χ2n) is 5.29. The molecule has 0 saturated heterocycles. The Morgan fingerprint density at radius 3 is 2.84 bits per heavy atom. The van der Waals surface area contributed by atoms with Gasteiger partial charge in [-0.15, -0.1) is 0 Å². The van der Waals surface area contributed by atoms with E-state index in [1.54, 1.807) is 0 Å². The molecule has 1 aromatic carbocycles. The van der Waals surface area contributed by atoms with Crippen molar-refractivity contribution in [1.29, 1.82) is 0 Å². The Hall–Kier alpha value is -1.35. The number of hydrogen-bond acceptors (Lipinski definition) is 2. The monoisotopic (exact) mass is 260 g/mol. The van der Waals surface area contributed by atoms with Crippen LogP contribution in [-0.2, 0) is 17.6 Å². The van der Waals surface area contributed by atoms with Crippen molar-refractivity contribution in [3.8, 4) is 0 Å². The molecule has 1 unspecified atom stereocenters. The van der Waals surface area contributed by atoms with Gasteiger partial charge in [0.05, 0.1) is 0 Å². The van der Waals surface area contributed by atoms with Crippen LogP contribution in [0.4, 0.5) is 0 Å². The molecule has 1 aliphatic rings. The van der Waals surface area contributed by atoms with Crippen molar-refractivity contribution in [2.24, 2.45) is 5.92 Å². The molecule has 0 spiro atoms. The minimum Gasteiger partial charge on any atom is -0.355 e. The van der Waals surface area contributed by atoms with E-state index in [9.17, 15) is 4.79 Å². The largest absolute Gasteiger partial charge is 0.355 e. The Morgan fingerprint density at radius 2 is 2.05 bits per heavy atom. The number of nitrogens with one attached hydrogen (secondary N) is 2. The molecular weight excluding hydrogens is 236 g/mol. The van der Waals surface area contributed by atoms with E-state index in [0.717, 1.165) is 38.9 Å². The van der Waals surface area contributed by atoms with Gasteiger partial charge in [0, 0.05) is 19.5 Å². The van der Waals surface area contributed by atoms with Gasteiger partial charge in [0.2, 0.25) is 5.91 Å². The minimum atomic E-state index is 0.197. The van der Waals surface area contributed by atoms with Gasteiger partial charge in [-0.05, 0) is 42.9 Å². The maximum atomic E-state index is 11.8. The fraction of sp³-hybridized carbons (Fsp3) is 0.562. The molecular formula is C16H24N2O. The third kappa shape index (κ3) is 4.35. The first-order valence-electron chi connectivity index (χ1n) is 7.33. The molecule has 0 radical (unpaired) electrons. The zero-order valence-corrected chi connectivity index (χ0v) is 11.7. The lowest BCUT2D eigenvalue weighted by Gasteiger charge is -2.24. The molecule has 1 atom stereocenters. The summed E-state index contributed by atoms with van der Waals surface area (Å²) in [6.45, 7) is 4.61. The maximum absolute atomic E-state index is 11.8. The molecule has 3 heteroatoms. The Labute approximate surface area is 115 Å². The van der Waals surface area contributed by atoms with Crippen molar-refractivity contribution in [3.05, 3.63) is 35.4 Å². The van der Waals surface area contributed by atoms with Crippen molar-refractivity contribution in [3.63, 3.8) is 0 Å². The molecule has 0 aromatic heterocycles. The maximum Gasteiger partial charge on any atom is 0.220 e. The summed E-state index contributed by atoms with van der Waals surface area (Å²) in [7, 11) is 0. The van der Waals surface area contributed by atoms with E-state index in [2.05, 4.69) is 41.8 Å². The summed E-state index contributed by atoms with van der Waals surface area (Å²) in [5, 5.41) is 6.19. The predicted octanol–water partition coefficient (Wildman–Crippen LogP) is 1.91.